The minimum absolute atomic E-state index is 0.110. The van der Waals surface area contributed by atoms with Gasteiger partial charge in [0.25, 0.3) is 0 Å². The third kappa shape index (κ3) is 2.36. The SMILES string of the molecule is CC(C)c1ncc(-c2cccs2)cc1C(=O)O. The summed E-state index contributed by atoms with van der Waals surface area (Å²) in [7, 11) is 0. The van der Waals surface area contributed by atoms with Crippen molar-refractivity contribution in [3.05, 3.63) is 41.0 Å². The highest BCUT2D eigenvalue weighted by molar-refractivity contribution is 7.13. The van der Waals surface area contributed by atoms with E-state index < -0.39 is 5.97 Å². The van der Waals surface area contributed by atoms with Crippen LogP contribution in [-0.4, -0.2) is 16.1 Å². The molecular weight excluding hydrogens is 234 g/mol. The summed E-state index contributed by atoms with van der Waals surface area (Å²) in [5, 5.41) is 11.2. The smallest absolute Gasteiger partial charge is 0.337 e. The van der Waals surface area contributed by atoms with E-state index in [0.29, 0.717) is 11.3 Å². The number of carboxylic acids is 1. The zero-order valence-corrected chi connectivity index (χ0v) is 10.5. The largest absolute Gasteiger partial charge is 0.478 e. The Balaban J connectivity index is 2.53. The van der Waals surface area contributed by atoms with Crippen LogP contribution in [0.15, 0.2) is 29.8 Å². The Morgan fingerprint density at radius 2 is 2.24 bits per heavy atom. The summed E-state index contributed by atoms with van der Waals surface area (Å²) in [5.41, 5.74) is 1.80. The van der Waals surface area contributed by atoms with Crippen LogP contribution in [0.1, 0.15) is 35.8 Å². The molecule has 0 atom stereocenters. The predicted molar refractivity (Wildman–Crippen MR) is 68.6 cm³/mol. The van der Waals surface area contributed by atoms with E-state index in [1.807, 2.05) is 31.4 Å². The lowest BCUT2D eigenvalue weighted by molar-refractivity contribution is 0.0694. The Morgan fingerprint density at radius 3 is 2.76 bits per heavy atom. The summed E-state index contributed by atoms with van der Waals surface area (Å²) in [6.45, 7) is 3.89. The first-order valence-corrected chi connectivity index (χ1v) is 6.24. The van der Waals surface area contributed by atoms with Gasteiger partial charge in [-0.25, -0.2) is 4.79 Å². The molecule has 2 aromatic rings. The molecule has 1 N–H and O–H groups in total. The second-order valence-corrected chi connectivity index (χ2v) is 5.04. The van der Waals surface area contributed by atoms with Crippen LogP contribution in [-0.2, 0) is 0 Å². The normalized spacial score (nSPS) is 10.8. The van der Waals surface area contributed by atoms with E-state index in [2.05, 4.69) is 4.98 Å². The summed E-state index contributed by atoms with van der Waals surface area (Å²) < 4.78 is 0. The van der Waals surface area contributed by atoms with Gasteiger partial charge < -0.3 is 5.11 Å². The number of hydrogen-bond acceptors (Lipinski definition) is 3. The van der Waals surface area contributed by atoms with E-state index in [9.17, 15) is 9.90 Å². The molecule has 4 heteroatoms. The maximum absolute atomic E-state index is 11.2. The Bertz CT molecular complexity index is 532. The van der Waals surface area contributed by atoms with Crippen molar-refractivity contribution >= 4 is 17.3 Å². The third-order valence-corrected chi connectivity index (χ3v) is 3.42. The van der Waals surface area contributed by atoms with E-state index in [4.69, 9.17) is 0 Å². The van der Waals surface area contributed by atoms with Crippen molar-refractivity contribution in [3.63, 3.8) is 0 Å². The fourth-order valence-corrected chi connectivity index (χ4v) is 2.39. The molecule has 2 heterocycles. The molecule has 88 valence electrons. The van der Waals surface area contributed by atoms with E-state index in [1.54, 1.807) is 23.6 Å². The molecule has 0 aliphatic heterocycles. The summed E-state index contributed by atoms with van der Waals surface area (Å²) in [5.74, 6) is -0.807. The molecule has 0 spiro atoms. The summed E-state index contributed by atoms with van der Waals surface area (Å²) in [6.07, 6.45) is 1.74. The molecule has 0 radical (unpaired) electrons. The fourth-order valence-electron chi connectivity index (χ4n) is 1.68. The highest BCUT2D eigenvalue weighted by atomic mass is 32.1. The van der Waals surface area contributed by atoms with Crippen molar-refractivity contribution in [1.29, 1.82) is 0 Å². The monoisotopic (exact) mass is 247 g/mol. The molecule has 0 amide bonds. The number of pyridine rings is 1. The molecule has 0 unspecified atom stereocenters. The average Bonchev–Trinajstić information content (AvgIpc) is 2.81. The van der Waals surface area contributed by atoms with Crippen LogP contribution in [0.25, 0.3) is 10.4 Å². The molecule has 0 aromatic carbocycles. The summed E-state index contributed by atoms with van der Waals surface area (Å²) in [4.78, 5) is 16.5. The van der Waals surface area contributed by atoms with Gasteiger partial charge in [0, 0.05) is 16.6 Å². The van der Waals surface area contributed by atoms with E-state index in [1.165, 1.54) is 0 Å². The van der Waals surface area contributed by atoms with Gasteiger partial charge in [-0.15, -0.1) is 11.3 Å². The number of aromatic nitrogens is 1. The number of nitrogens with zero attached hydrogens (tertiary/aromatic N) is 1. The Hall–Kier alpha value is -1.68. The molecule has 17 heavy (non-hydrogen) atoms. The van der Waals surface area contributed by atoms with Crippen LogP contribution < -0.4 is 0 Å². The Morgan fingerprint density at radius 1 is 1.47 bits per heavy atom. The molecule has 2 rings (SSSR count). The van der Waals surface area contributed by atoms with Crippen LogP contribution in [0, 0.1) is 0 Å². The van der Waals surface area contributed by atoms with Crippen molar-refractivity contribution in [2.75, 3.05) is 0 Å². The maximum atomic E-state index is 11.2. The predicted octanol–water partition coefficient (Wildman–Crippen LogP) is 3.63. The lowest BCUT2D eigenvalue weighted by atomic mass is 10.0. The van der Waals surface area contributed by atoms with Crippen molar-refractivity contribution in [2.45, 2.75) is 19.8 Å². The lowest BCUT2D eigenvalue weighted by Crippen LogP contribution is -2.06. The van der Waals surface area contributed by atoms with Crippen molar-refractivity contribution in [2.24, 2.45) is 0 Å². The topological polar surface area (TPSA) is 50.2 Å². The number of hydrogen-bond donors (Lipinski definition) is 1. The van der Waals surface area contributed by atoms with E-state index >= 15 is 0 Å². The molecule has 3 nitrogen and oxygen atoms in total. The van der Waals surface area contributed by atoms with Gasteiger partial charge in [0.2, 0.25) is 0 Å². The average molecular weight is 247 g/mol. The molecule has 0 saturated carbocycles. The minimum atomic E-state index is -0.917. The van der Waals surface area contributed by atoms with Crippen LogP contribution in [0.2, 0.25) is 0 Å². The molecule has 0 fully saturated rings. The van der Waals surface area contributed by atoms with Crippen LogP contribution in [0.5, 0.6) is 0 Å². The van der Waals surface area contributed by atoms with Gasteiger partial charge in [0.05, 0.1) is 11.3 Å². The molecule has 2 aromatic heterocycles. The number of carbonyl (C=O) groups is 1. The van der Waals surface area contributed by atoms with E-state index in [0.717, 1.165) is 10.4 Å². The number of rotatable bonds is 3. The zero-order chi connectivity index (χ0) is 12.4. The van der Waals surface area contributed by atoms with Crippen molar-refractivity contribution < 1.29 is 9.90 Å². The van der Waals surface area contributed by atoms with Gasteiger partial charge in [-0.1, -0.05) is 19.9 Å². The van der Waals surface area contributed by atoms with Gasteiger partial charge in [0.15, 0.2) is 0 Å². The number of carboxylic acid groups (broad SMARTS) is 1. The number of aromatic carboxylic acids is 1. The molecule has 0 aliphatic rings. The van der Waals surface area contributed by atoms with Gasteiger partial charge in [-0.3, -0.25) is 4.98 Å². The number of thiophene rings is 1. The molecule has 0 saturated heterocycles. The highest BCUT2D eigenvalue weighted by Crippen LogP contribution is 2.27. The van der Waals surface area contributed by atoms with Gasteiger partial charge >= 0.3 is 5.97 Å². The minimum Gasteiger partial charge on any atom is -0.478 e. The van der Waals surface area contributed by atoms with Crippen molar-refractivity contribution in [1.82, 2.24) is 4.98 Å². The van der Waals surface area contributed by atoms with Crippen LogP contribution in [0.4, 0.5) is 0 Å². The third-order valence-electron chi connectivity index (χ3n) is 2.50. The van der Waals surface area contributed by atoms with Gasteiger partial charge in [-0.2, -0.15) is 0 Å². The van der Waals surface area contributed by atoms with Gasteiger partial charge in [-0.05, 0) is 23.4 Å². The van der Waals surface area contributed by atoms with Crippen molar-refractivity contribution in [3.8, 4) is 10.4 Å². The highest BCUT2D eigenvalue weighted by Gasteiger charge is 2.15. The zero-order valence-electron chi connectivity index (χ0n) is 9.68. The summed E-state index contributed by atoms with van der Waals surface area (Å²) >= 11 is 1.58. The second-order valence-electron chi connectivity index (χ2n) is 4.09. The van der Waals surface area contributed by atoms with Crippen LogP contribution in [0.3, 0.4) is 0 Å². The first-order chi connectivity index (χ1) is 8.09. The second kappa shape index (κ2) is 4.67. The molecular formula is C13H13NO2S. The first kappa shape index (κ1) is 11.8. The summed E-state index contributed by atoms with van der Waals surface area (Å²) in [6, 6.07) is 5.61. The van der Waals surface area contributed by atoms with Gasteiger partial charge in [0.1, 0.15) is 0 Å². The standard InChI is InChI=1S/C13H13NO2S/c1-8(2)12-10(13(15)16)6-9(7-14-12)11-4-3-5-17-11/h3-8H,1-2H3,(H,15,16). The van der Waals surface area contributed by atoms with Crippen LogP contribution >= 0.6 is 11.3 Å². The lowest BCUT2D eigenvalue weighted by Gasteiger charge is -2.09. The Labute approximate surface area is 104 Å². The Kier molecular flexibility index (Phi) is 3.24. The quantitative estimate of drug-likeness (QED) is 0.901. The maximum Gasteiger partial charge on any atom is 0.337 e. The molecule has 0 aliphatic carbocycles. The molecule has 0 bridgehead atoms. The first-order valence-electron chi connectivity index (χ1n) is 5.36. The fraction of sp³-hybridized carbons (Fsp3) is 0.231. The van der Waals surface area contributed by atoms with E-state index in [-0.39, 0.29) is 5.92 Å².